The Morgan fingerprint density at radius 3 is 2.60 bits per heavy atom. The van der Waals surface area contributed by atoms with Crippen LogP contribution in [0.4, 0.5) is 5.82 Å². The Morgan fingerprint density at radius 2 is 2.00 bits per heavy atom. The van der Waals surface area contributed by atoms with E-state index in [1.165, 1.54) is 0 Å². The van der Waals surface area contributed by atoms with E-state index in [2.05, 4.69) is 43.0 Å². The highest BCUT2D eigenvalue weighted by Gasteiger charge is 2.03. The molecule has 1 atom stereocenters. The van der Waals surface area contributed by atoms with Crippen LogP contribution < -0.4 is 5.32 Å². The molecular formula is C12H21N3. The SMILES string of the molecule is CCC(C)Nc1cc(CC(C)C)ncn1. The molecule has 0 radical (unpaired) electrons. The van der Waals surface area contributed by atoms with E-state index in [1.807, 2.05) is 6.07 Å². The molecule has 0 spiro atoms. The highest BCUT2D eigenvalue weighted by Crippen LogP contribution is 2.10. The molecule has 15 heavy (non-hydrogen) atoms. The summed E-state index contributed by atoms with van der Waals surface area (Å²) in [7, 11) is 0. The van der Waals surface area contributed by atoms with Gasteiger partial charge in [0.2, 0.25) is 0 Å². The second kappa shape index (κ2) is 5.69. The van der Waals surface area contributed by atoms with Gasteiger partial charge in [-0.25, -0.2) is 9.97 Å². The molecule has 3 heteroatoms. The van der Waals surface area contributed by atoms with Crippen LogP contribution in [0.1, 0.15) is 39.8 Å². The van der Waals surface area contributed by atoms with E-state index in [1.54, 1.807) is 6.33 Å². The second-order valence-corrected chi connectivity index (χ2v) is 4.45. The number of rotatable bonds is 5. The van der Waals surface area contributed by atoms with Crippen molar-refractivity contribution < 1.29 is 0 Å². The first-order valence-electron chi connectivity index (χ1n) is 5.69. The minimum Gasteiger partial charge on any atom is -0.368 e. The van der Waals surface area contributed by atoms with Crippen molar-refractivity contribution in [1.29, 1.82) is 0 Å². The Hall–Kier alpha value is -1.12. The normalized spacial score (nSPS) is 12.9. The van der Waals surface area contributed by atoms with Gasteiger partial charge in [0, 0.05) is 17.8 Å². The molecule has 0 fully saturated rings. The molecule has 1 N–H and O–H groups in total. The van der Waals surface area contributed by atoms with E-state index < -0.39 is 0 Å². The van der Waals surface area contributed by atoms with Crippen LogP contribution in [-0.4, -0.2) is 16.0 Å². The fourth-order valence-electron chi connectivity index (χ4n) is 1.36. The Bertz CT molecular complexity index is 297. The summed E-state index contributed by atoms with van der Waals surface area (Å²) < 4.78 is 0. The van der Waals surface area contributed by atoms with Gasteiger partial charge in [0.15, 0.2) is 0 Å². The van der Waals surface area contributed by atoms with E-state index in [4.69, 9.17) is 0 Å². The van der Waals surface area contributed by atoms with Crippen molar-refractivity contribution in [1.82, 2.24) is 9.97 Å². The van der Waals surface area contributed by atoms with Gasteiger partial charge in [-0.1, -0.05) is 20.8 Å². The van der Waals surface area contributed by atoms with Gasteiger partial charge in [0.25, 0.3) is 0 Å². The monoisotopic (exact) mass is 207 g/mol. The average Bonchev–Trinajstić information content (AvgIpc) is 2.17. The lowest BCUT2D eigenvalue weighted by Crippen LogP contribution is -2.15. The summed E-state index contributed by atoms with van der Waals surface area (Å²) in [6, 6.07) is 2.51. The van der Waals surface area contributed by atoms with E-state index in [-0.39, 0.29) is 0 Å². The zero-order valence-corrected chi connectivity index (χ0v) is 10.1. The summed E-state index contributed by atoms with van der Waals surface area (Å²) in [4.78, 5) is 8.47. The van der Waals surface area contributed by atoms with Gasteiger partial charge in [0.05, 0.1) is 0 Å². The van der Waals surface area contributed by atoms with E-state index in [0.717, 1.165) is 24.4 Å². The highest BCUT2D eigenvalue weighted by molar-refractivity contribution is 5.35. The fourth-order valence-corrected chi connectivity index (χ4v) is 1.36. The van der Waals surface area contributed by atoms with Crippen molar-refractivity contribution >= 4 is 5.82 Å². The second-order valence-electron chi connectivity index (χ2n) is 4.45. The third-order valence-corrected chi connectivity index (χ3v) is 2.35. The molecule has 1 rings (SSSR count). The molecule has 84 valence electrons. The van der Waals surface area contributed by atoms with Crippen LogP contribution in [0.15, 0.2) is 12.4 Å². The van der Waals surface area contributed by atoms with Crippen LogP contribution in [0, 0.1) is 5.92 Å². The summed E-state index contributed by atoms with van der Waals surface area (Å²) in [5, 5.41) is 3.35. The van der Waals surface area contributed by atoms with Gasteiger partial charge < -0.3 is 5.32 Å². The Kier molecular flexibility index (Phi) is 4.53. The standard InChI is InChI=1S/C12H21N3/c1-5-10(4)15-12-7-11(6-9(2)3)13-8-14-12/h7-10H,5-6H2,1-4H3,(H,13,14,15). The predicted molar refractivity (Wildman–Crippen MR) is 63.9 cm³/mol. The van der Waals surface area contributed by atoms with E-state index in [0.29, 0.717) is 12.0 Å². The lowest BCUT2D eigenvalue weighted by molar-refractivity contribution is 0.633. The first-order chi connectivity index (χ1) is 7.11. The summed E-state index contributed by atoms with van der Waals surface area (Å²) in [5.74, 6) is 1.58. The van der Waals surface area contributed by atoms with Crippen molar-refractivity contribution in [2.75, 3.05) is 5.32 Å². The molecule has 0 saturated carbocycles. The minimum absolute atomic E-state index is 0.465. The fraction of sp³-hybridized carbons (Fsp3) is 0.667. The number of nitrogens with one attached hydrogen (secondary N) is 1. The quantitative estimate of drug-likeness (QED) is 0.806. The van der Waals surface area contributed by atoms with Crippen LogP contribution in [0.2, 0.25) is 0 Å². The molecule has 0 aliphatic heterocycles. The van der Waals surface area contributed by atoms with Crippen molar-refractivity contribution in [3.05, 3.63) is 18.1 Å². The van der Waals surface area contributed by atoms with Gasteiger partial charge in [-0.3, -0.25) is 0 Å². The number of anilines is 1. The molecule has 1 heterocycles. The number of aromatic nitrogens is 2. The van der Waals surface area contributed by atoms with Gasteiger partial charge in [0.1, 0.15) is 12.1 Å². The van der Waals surface area contributed by atoms with Crippen molar-refractivity contribution in [3.63, 3.8) is 0 Å². The maximum absolute atomic E-state index is 4.26. The largest absolute Gasteiger partial charge is 0.368 e. The lowest BCUT2D eigenvalue weighted by atomic mass is 10.1. The molecule has 0 aliphatic rings. The first-order valence-corrected chi connectivity index (χ1v) is 5.69. The zero-order chi connectivity index (χ0) is 11.3. The predicted octanol–water partition coefficient (Wildman–Crippen LogP) is 2.89. The van der Waals surface area contributed by atoms with E-state index >= 15 is 0 Å². The molecule has 1 unspecified atom stereocenters. The van der Waals surface area contributed by atoms with Gasteiger partial charge in [-0.15, -0.1) is 0 Å². The van der Waals surface area contributed by atoms with Crippen molar-refractivity contribution in [2.24, 2.45) is 5.92 Å². The maximum atomic E-state index is 4.26. The molecule has 0 bridgehead atoms. The average molecular weight is 207 g/mol. The van der Waals surface area contributed by atoms with Gasteiger partial charge in [-0.05, 0) is 25.7 Å². The summed E-state index contributed by atoms with van der Waals surface area (Å²) in [6.07, 6.45) is 3.75. The third kappa shape index (κ3) is 4.28. The molecule has 0 amide bonds. The molecule has 1 aromatic rings. The molecule has 0 saturated heterocycles. The van der Waals surface area contributed by atoms with Crippen molar-refractivity contribution in [3.8, 4) is 0 Å². The van der Waals surface area contributed by atoms with Crippen LogP contribution in [0.3, 0.4) is 0 Å². The molecule has 3 nitrogen and oxygen atoms in total. The number of nitrogens with zero attached hydrogens (tertiary/aromatic N) is 2. The number of hydrogen-bond acceptors (Lipinski definition) is 3. The summed E-state index contributed by atoms with van der Waals surface area (Å²) in [6.45, 7) is 8.71. The molecule has 0 aliphatic carbocycles. The lowest BCUT2D eigenvalue weighted by Gasteiger charge is -2.12. The van der Waals surface area contributed by atoms with Crippen LogP contribution >= 0.6 is 0 Å². The van der Waals surface area contributed by atoms with E-state index in [9.17, 15) is 0 Å². The van der Waals surface area contributed by atoms with Gasteiger partial charge in [-0.2, -0.15) is 0 Å². The molecular weight excluding hydrogens is 186 g/mol. The minimum atomic E-state index is 0.465. The van der Waals surface area contributed by atoms with Crippen LogP contribution in [0.25, 0.3) is 0 Å². The Balaban J connectivity index is 2.65. The molecule has 1 aromatic heterocycles. The highest BCUT2D eigenvalue weighted by atomic mass is 15.0. The topological polar surface area (TPSA) is 37.8 Å². The van der Waals surface area contributed by atoms with Crippen LogP contribution in [-0.2, 0) is 6.42 Å². The summed E-state index contributed by atoms with van der Waals surface area (Å²) >= 11 is 0. The summed E-state index contributed by atoms with van der Waals surface area (Å²) in [5.41, 5.74) is 1.12. The smallest absolute Gasteiger partial charge is 0.129 e. The van der Waals surface area contributed by atoms with Gasteiger partial charge >= 0.3 is 0 Å². The third-order valence-electron chi connectivity index (χ3n) is 2.35. The maximum Gasteiger partial charge on any atom is 0.129 e. The first kappa shape index (κ1) is 12.0. The molecule has 0 aromatic carbocycles. The van der Waals surface area contributed by atoms with Crippen LogP contribution in [0.5, 0.6) is 0 Å². The number of hydrogen-bond donors (Lipinski definition) is 1. The Morgan fingerprint density at radius 1 is 1.27 bits per heavy atom. The Labute approximate surface area is 92.3 Å². The van der Waals surface area contributed by atoms with Crippen molar-refractivity contribution in [2.45, 2.75) is 46.6 Å². The zero-order valence-electron chi connectivity index (χ0n) is 10.1.